The summed E-state index contributed by atoms with van der Waals surface area (Å²) in [4.78, 5) is 11.5. The Labute approximate surface area is 114 Å². The van der Waals surface area contributed by atoms with Crippen molar-refractivity contribution in [3.05, 3.63) is 33.3 Å². The molecule has 0 aromatic heterocycles. The van der Waals surface area contributed by atoms with Gasteiger partial charge in [0.15, 0.2) is 0 Å². The topological polar surface area (TPSA) is 46.5 Å². The van der Waals surface area contributed by atoms with Crippen molar-refractivity contribution in [3.63, 3.8) is 0 Å². The van der Waals surface area contributed by atoms with Crippen LogP contribution in [0.15, 0.2) is 22.7 Å². The SMILES string of the molecule is CCC(C(=O)OC)C(O)c1ccc(Cl)cc1Br. The molecule has 0 saturated carbocycles. The molecular weight excluding hydrogens is 307 g/mol. The van der Waals surface area contributed by atoms with Gasteiger partial charge < -0.3 is 9.84 Å². The third-order valence-corrected chi connectivity index (χ3v) is 3.53. The summed E-state index contributed by atoms with van der Waals surface area (Å²) in [5.74, 6) is -0.987. The highest BCUT2D eigenvalue weighted by atomic mass is 79.9. The van der Waals surface area contributed by atoms with Gasteiger partial charge in [0, 0.05) is 9.50 Å². The zero-order valence-corrected chi connectivity index (χ0v) is 12.0. The van der Waals surface area contributed by atoms with Crippen LogP contribution >= 0.6 is 27.5 Å². The first-order valence-corrected chi connectivity index (χ1v) is 6.39. The van der Waals surface area contributed by atoms with Gasteiger partial charge in [-0.05, 0) is 24.1 Å². The molecule has 0 bridgehead atoms. The van der Waals surface area contributed by atoms with Gasteiger partial charge in [-0.2, -0.15) is 0 Å². The molecule has 1 N–H and O–H groups in total. The van der Waals surface area contributed by atoms with Crippen molar-refractivity contribution in [1.82, 2.24) is 0 Å². The van der Waals surface area contributed by atoms with Gasteiger partial charge in [0.1, 0.15) is 0 Å². The lowest BCUT2D eigenvalue weighted by Crippen LogP contribution is -2.23. The Morgan fingerprint density at radius 3 is 2.71 bits per heavy atom. The molecule has 2 atom stereocenters. The summed E-state index contributed by atoms with van der Waals surface area (Å²) in [6.07, 6.45) is -0.401. The number of esters is 1. The normalized spacial score (nSPS) is 14.2. The van der Waals surface area contributed by atoms with E-state index < -0.39 is 18.0 Å². The van der Waals surface area contributed by atoms with E-state index in [2.05, 4.69) is 20.7 Å². The summed E-state index contributed by atoms with van der Waals surface area (Å²) in [7, 11) is 1.31. The van der Waals surface area contributed by atoms with Gasteiger partial charge in [-0.1, -0.05) is 40.5 Å². The number of aliphatic hydroxyl groups is 1. The van der Waals surface area contributed by atoms with Crippen LogP contribution in [0.3, 0.4) is 0 Å². The zero-order chi connectivity index (χ0) is 13.0. The number of carbonyl (C=O) groups is 1. The molecule has 0 amide bonds. The van der Waals surface area contributed by atoms with E-state index in [0.29, 0.717) is 21.5 Å². The molecule has 0 saturated heterocycles. The maximum Gasteiger partial charge on any atom is 0.311 e. The smallest absolute Gasteiger partial charge is 0.311 e. The van der Waals surface area contributed by atoms with Crippen molar-refractivity contribution in [3.8, 4) is 0 Å². The van der Waals surface area contributed by atoms with Crippen LogP contribution in [0.5, 0.6) is 0 Å². The number of ether oxygens (including phenoxy) is 1. The third kappa shape index (κ3) is 3.44. The van der Waals surface area contributed by atoms with Crippen molar-refractivity contribution in [2.24, 2.45) is 5.92 Å². The van der Waals surface area contributed by atoms with Crippen LogP contribution in [-0.4, -0.2) is 18.2 Å². The molecule has 0 radical (unpaired) electrons. The summed E-state index contributed by atoms with van der Waals surface area (Å²) in [6, 6.07) is 5.06. The Balaban J connectivity index is 3.01. The molecule has 0 fully saturated rings. The fraction of sp³-hybridized carbons (Fsp3) is 0.417. The molecule has 1 aromatic rings. The molecule has 94 valence electrons. The van der Waals surface area contributed by atoms with Crippen LogP contribution in [0, 0.1) is 5.92 Å². The number of aliphatic hydroxyl groups excluding tert-OH is 1. The number of hydrogen-bond acceptors (Lipinski definition) is 3. The molecular formula is C12H14BrClO3. The highest BCUT2D eigenvalue weighted by Gasteiger charge is 2.28. The molecule has 1 aromatic carbocycles. The minimum atomic E-state index is -0.904. The summed E-state index contributed by atoms with van der Waals surface area (Å²) in [5.41, 5.74) is 0.631. The molecule has 3 nitrogen and oxygen atoms in total. The lowest BCUT2D eigenvalue weighted by Gasteiger charge is -2.20. The summed E-state index contributed by atoms with van der Waals surface area (Å²) < 4.78 is 5.35. The second-order valence-corrected chi connectivity index (χ2v) is 4.94. The van der Waals surface area contributed by atoms with Gasteiger partial charge in [-0.3, -0.25) is 4.79 Å². The largest absolute Gasteiger partial charge is 0.469 e. The van der Waals surface area contributed by atoms with Crippen molar-refractivity contribution in [1.29, 1.82) is 0 Å². The van der Waals surface area contributed by atoms with Gasteiger partial charge in [0.25, 0.3) is 0 Å². The molecule has 0 heterocycles. The number of halogens is 2. The van der Waals surface area contributed by atoms with E-state index in [1.807, 2.05) is 6.92 Å². The summed E-state index contributed by atoms with van der Waals surface area (Å²) in [6.45, 7) is 1.83. The Hall–Kier alpha value is -0.580. The minimum absolute atomic E-state index is 0.415. The van der Waals surface area contributed by atoms with Crippen molar-refractivity contribution < 1.29 is 14.6 Å². The van der Waals surface area contributed by atoms with Crippen LogP contribution in [0.25, 0.3) is 0 Å². The third-order valence-electron chi connectivity index (χ3n) is 2.61. The van der Waals surface area contributed by atoms with Crippen molar-refractivity contribution >= 4 is 33.5 Å². The Morgan fingerprint density at radius 1 is 1.59 bits per heavy atom. The van der Waals surface area contributed by atoms with Gasteiger partial charge in [0.2, 0.25) is 0 Å². The molecule has 5 heteroatoms. The van der Waals surface area contributed by atoms with E-state index in [1.165, 1.54) is 7.11 Å². The van der Waals surface area contributed by atoms with Crippen LogP contribution in [0.1, 0.15) is 25.0 Å². The maximum atomic E-state index is 11.5. The fourth-order valence-corrected chi connectivity index (χ4v) is 2.55. The second kappa shape index (κ2) is 6.38. The lowest BCUT2D eigenvalue weighted by atomic mass is 9.93. The highest BCUT2D eigenvalue weighted by molar-refractivity contribution is 9.10. The zero-order valence-electron chi connectivity index (χ0n) is 9.61. The molecule has 2 unspecified atom stereocenters. The highest BCUT2D eigenvalue weighted by Crippen LogP contribution is 2.32. The maximum absolute atomic E-state index is 11.5. The molecule has 1 rings (SSSR count). The number of rotatable bonds is 4. The van der Waals surface area contributed by atoms with Crippen LogP contribution in [-0.2, 0) is 9.53 Å². The van der Waals surface area contributed by atoms with E-state index >= 15 is 0 Å². The molecule has 0 aliphatic rings. The van der Waals surface area contributed by atoms with E-state index in [9.17, 15) is 9.90 Å². The molecule has 0 spiro atoms. The predicted octanol–water partition coefficient (Wildman–Crippen LogP) is 3.34. The summed E-state index contributed by atoms with van der Waals surface area (Å²) >= 11 is 9.14. The Bertz CT molecular complexity index is 409. The predicted molar refractivity (Wildman–Crippen MR) is 69.9 cm³/mol. The van der Waals surface area contributed by atoms with Crippen LogP contribution < -0.4 is 0 Å². The van der Waals surface area contributed by atoms with Crippen LogP contribution in [0.2, 0.25) is 5.02 Å². The van der Waals surface area contributed by atoms with E-state index in [4.69, 9.17) is 11.6 Å². The number of methoxy groups -OCH3 is 1. The second-order valence-electron chi connectivity index (χ2n) is 3.65. The Kier molecular flexibility index (Phi) is 5.43. The van der Waals surface area contributed by atoms with Crippen molar-refractivity contribution in [2.45, 2.75) is 19.4 Å². The van der Waals surface area contributed by atoms with Crippen molar-refractivity contribution in [2.75, 3.05) is 7.11 Å². The lowest BCUT2D eigenvalue weighted by molar-refractivity contribution is -0.149. The summed E-state index contributed by atoms with van der Waals surface area (Å²) in [5, 5.41) is 10.7. The molecule has 17 heavy (non-hydrogen) atoms. The standard InChI is InChI=1S/C12H14BrClO3/c1-3-8(12(16)17-2)11(15)9-5-4-7(14)6-10(9)13/h4-6,8,11,15H,3H2,1-2H3. The van der Waals surface area contributed by atoms with Gasteiger partial charge in [-0.15, -0.1) is 0 Å². The number of benzene rings is 1. The van der Waals surface area contributed by atoms with E-state index in [0.717, 1.165) is 0 Å². The first-order chi connectivity index (χ1) is 8.01. The molecule has 0 aliphatic heterocycles. The van der Waals surface area contributed by atoms with Gasteiger partial charge in [-0.25, -0.2) is 0 Å². The van der Waals surface area contributed by atoms with Crippen LogP contribution in [0.4, 0.5) is 0 Å². The average molecular weight is 322 g/mol. The van der Waals surface area contributed by atoms with E-state index in [1.54, 1.807) is 18.2 Å². The quantitative estimate of drug-likeness (QED) is 0.865. The minimum Gasteiger partial charge on any atom is -0.469 e. The van der Waals surface area contributed by atoms with Gasteiger partial charge >= 0.3 is 5.97 Å². The monoisotopic (exact) mass is 320 g/mol. The molecule has 0 aliphatic carbocycles. The van der Waals surface area contributed by atoms with E-state index in [-0.39, 0.29) is 0 Å². The first-order valence-electron chi connectivity index (χ1n) is 5.22. The number of carbonyl (C=O) groups excluding carboxylic acids is 1. The first kappa shape index (κ1) is 14.5. The van der Waals surface area contributed by atoms with Gasteiger partial charge in [0.05, 0.1) is 19.1 Å². The number of hydrogen-bond donors (Lipinski definition) is 1. The fourth-order valence-electron chi connectivity index (χ4n) is 1.63. The average Bonchev–Trinajstić information content (AvgIpc) is 2.29. The Morgan fingerprint density at radius 2 is 2.24 bits per heavy atom.